The summed E-state index contributed by atoms with van der Waals surface area (Å²) in [7, 11) is -1.27. The Morgan fingerprint density at radius 1 is 1.50 bits per heavy atom. The SMILES string of the molecule is CNC(Cc1ccsc1)C(C)(C)S(C)(=O)=O. The Bertz CT molecular complexity index is 421. The average molecular weight is 261 g/mol. The van der Waals surface area contributed by atoms with Gasteiger partial charge in [-0.25, -0.2) is 8.42 Å². The van der Waals surface area contributed by atoms with Gasteiger partial charge < -0.3 is 5.32 Å². The third-order valence-corrected chi connectivity index (χ3v) is 6.09. The van der Waals surface area contributed by atoms with Gasteiger partial charge in [-0.05, 0) is 49.7 Å². The van der Waals surface area contributed by atoms with Gasteiger partial charge in [-0.1, -0.05) is 0 Å². The lowest BCUT2D eigenvalue weighted by atomic mass is 9.97. The molecule has 1 aromatic heterocycles. The second-order valence-corrected chi connectivity index (χ2v) is 7.93. The first kappa shape index (κ1) is 13.7. The fourth-order valence-electron chi connectivity index (χ4n) is 1.60. The van der Waals surface area contributed by atoms with Crippen LogP contribution in [-0.4, -0.2) is 32.5 Å². The molecule has 1 atom stereocenters. The molecule has 0 aliphatic rings. The minimum Gasteiger partial charge on any atom is -0.315 e. The maximum Gasteiger partial charge on any atom is 0.154 e. The van der Waals surface area contributed by atoms with Crippen LogP contribution in [0.2, 0.25) is 0 Å². The molecule has 0 amide bonds. The Morgan fingerprint density at radius 3 is 2.50 bits per heavy atom. The van der Waals surface area contributed by atoms with Crippen molar-refractivity contribution in [2.45, 2.75) is 31.1 Å². The molecule has 0 bridgehead atoms. The summed E-state index contributed by atoms with van der Waals surface area (Å²) < 4.78 is 22.7. The Hall–Kier alpha value is -0.390. The first-order valence-electron chi connectivity index (χ1n) is 5.17. The summed E-state index contributed by atoms with van der Waals surface area (Å²) in [5.74, 6) is 0. The highest BCUT2D eigenvalue weighted by atomic mass is 32.2. The molecule has 1 N–H and O–H groups in total. The molecular formula is C11H19NO2S2. The van der Waals surface area contributed by atoms with Crippen LogP contribution in [0.15, 0.2) is 16.8 Å². The summed E-state index contributed by atoms with van der Waals surface area (Å²) in [5, 5.41) is 7.18. The van der Waals surface area contributed by atoms with Crippen molar-refractivity contribution < 1.29 is 8.42 Å². The van der Waals surface area contributed by atoms with Crippen LogP contribution in [0.3, 0.4) is 0 Å². The Labute approximate surface area is 102 Å². The molecule has 0 aliphatic heterocycles. The molecule has 1 rings (SSSR count). The lowest BCUT2D eigenvalue weighted by Gasteiger charge is -2.32. The molecular weight excluding hydrogens is 242 g/mol. The second kappa shape index (κ2) is 4.85. The molecule has 0 aromatic carbocycles. The van der Waals surface area contributed by atoms with Gasteiger partial charge in [0.1, 0.15) is 0 Å². The monoisotopic (exact) mass is 261 g/mol. The van der Waals surface area contributed by atoms with Crippen LogP contribution in [0.1, 0.15) is 19.4 Å². The van der Waals surface area contributed by atoms with E-state index < -0.39 is 14.6 Å². The molecule has 5 heteroatoms. The molecule has 0 fully saturated rings. The van der Waals surface area contributed by atoms with Crippen molar-refractivity contribution in [2.75, 3.05) is 13.3 Å². The quantitative estimate of drug-likeness (QED) is 0.877. The van der Waals surface area contributed by atoms with E-state index in [2.05, 4.69) is 10.7 Å². The van der Waals surface area contributed by atoms with Crippen molar-refractivity contribution in [2.24, 2.45) is 0 Å². The molecule has 0 radical (unpaired) electrons. The number of likely N-dealkylation sites (N-methyl/N-ethyl adjacent to an activating group) is 1. The topological polar surface area (TPSA) is 46.2 Å². The van der Waals surface area contributed by atoms with Gasteiger partial charge in [-0.15, -0.1) is 0 Å². The molecule has 3 nitrogen and oxygen atoms in total. The van der Waals surface area contributed by atoms with Gasteiger partial charge in [0.25, 0.3) is 0 Å². The number of rotatable bonds is 5. The van der Waals surface area contributed by atoms with Gasteiger partial charge in [-0.3, -0.25) is 0 Å². The predicted molar refractivity (Wildman–Crippen MR) is 69.8 cm³/mol. The lowest BCUT2D eigenvalue weighted by molar-refractivity contribution is 0.431. The minimum absolute atomic E-state index is 0.0721. The summed E-state index contributed by atoms with van der Waals surface area (Å²) >= 11 is 1.63. The third-order valence-electron chi connectivity index (χ3n) is 3.16. The van der Waals surface area contributed by atoms with Crippen molar-refractivity contribution in [3.05, 3.63) is 22.4 Å². The minimum atomic E-state index is -3.08. The van der Waals surface area contributed by atoms with Gasteiger partial charge in [0, 0.05) is 12.3 Å². The molecule has 16 heavy (non-hydrogen) atoms. The van der Waals surface area contributed by atoms with Gasteiger partial charge in [0.15, 0.2) is 9.84 Å². The zero-order valence-corrected chi connectivity index (χ0v) is 11.8. The van der Waals surface area contributed by atoms with Crippen LogP contribution < -0.4 is 5.32 Å². The van der Waals surface area contributed by atoms with Crippen LogP contribution >= 0.6 is 11.3 Å². The molecule has 0 spiro atoms. The summed E-state index contributed by atoms with van der Waals surface area (Å²) in [6, 6.07) is 1.96. The molecule has 92 valence electrons. The number of sulfone groups is 1. The molecule has 1 heterocycles. The van der Waals surface area contributed by atoms with Crippen LogP contribution in [0.25, 0.3) is 0 Å². The number of nitrogens with one attached hydrogen (secondary N) is 1. The highest BCUT2D eigenvalue weighted by Gasteiger charge is 2.38. The van der Waals surface area contributed by atoms with E-state index in [0.29, 0.717) is 0 Å². The van der Waals surface area contributed by atoms with Gasteiger partial charge in [0.2, 0.25) is 0 Å². The number of thiophene rings is 1. The van der Waals surface area contributed by atoms with Crippen LogP contribution in [-0.2, 0) is 16.3 Å². The van der Waals surface area contributed by atoms with E-state index in [0.717, 1.165) is 6.42 Å². The van der Waals surface area contributed by atoms with E-state index in [9.17, 15) is 8.42 Å². The number of hydrogen-bond donors (Lipinski definition) is 1. The molecule has 1 aromatic rings. The van der Waals surface area contributed by atoms with E-state index in [1.807, 2.05) is 18.5 Å². The van der Waals surface area contributed by atoms with Crippen LogP contribution in [0.4, 0.5) is 0 Å². The van der Waals surface area contributed by atoms with Crippen LogP contribution in [0.5, 0.6) is 0 Å². The first-order valence-corrected chi connectivity index (χ1v) is 8.00. The highest BCUT2D eigenvalue weighted by molar-refractivity contribution is 7.92. The Kier molecular flexibility index (Phi) is 4.15. The van der Waals surface area contributed by atoms with Gasteiger partial charge >= 0.3 is 0 Å². The van der Waals surface area contributed by atoms with E-state index in [4.69, 9.17) is 0 Å². The molecule has 0 aliphatic carbocycles. The van der Waals surface area contributed by atoms with Crippen molar-refractivity contribution in [1.82, 2.24) is 5.32 Å². The smallest absolute Gasteiger partial charge is 0.154 e. The first-order chi connectivity index (χ1) is 7.29. The maximum absolute atomic E-state index is 11.7. The van der Waals surface area contributed by atoms with Crippen molar-refractivity contribution in [3.8, 4) is 0 Å². The van der Waals surface area contributed by atoms with E-state index >= 15 is 0 Å². The zero-order valence-electron chi connectivity index (χ0n) is 10.1. The normalized spacial score (nSPS) is 15.0. The lowest BCUT2D eigenvalue weighted by Crippen LogP contribution is -2.51. The molecule has 1 unspecified atom stereocenters. The fourth-order valence-corrected chi connectivity index (χ4v) is 3.00. The summed E-state index contributed by atoms with van der Waals surface area (Å²) in [5.41, 5.74) is 1.18. The van der Waals surface area contributed by atoms with Gasteiger partial charge in [-0.2, -0.15) is 11.3 Å². The van der Waals surface area contributed by atoms with Crippen molar-refractivity contribution >= 4 is 21.2 Å². The Morgan fingerprint density at radius 2 is 2.12 bits per heavy atom. The number of hydrogen-bond acceptors (Lipinski definition) is 4. The van der Waals surface area contributed by atoms with Crippen LogP contribution in [0, 0.1) is 0 Å². The van der Waals surface area contributed by atoms with E-state index in [-0.39, 0.29) is 6.04 Å². The van der Waals surface area contributed by atoms with E-state index in [1.165, 1.54) is 11.8 Å². The van der Waals surface area contributed by atoms with Crippen molar-refractivity contribution in [3.63, 3.8) is 0 Å². The summed E-state index contributed by atoms with van der Waals surface area (Å²) in [6.45, 7) is 3.55. The fraction of sp³-hybridized carbons (Fsp3) is 0.636. The standard InChI is InChI=1S/C11H19NO2S2/c1-11(2,16(4,13)14)10(12-3)7-9-5-6-15-8-9/h5-6,8,10,12H,7H2,1-4H3. The largest absolute Gasteiger partial charge is 0.315 e. The zero-order chi connectivity index (χ0) is 12.4. The molecule has 0 saturated heterocycles. The second-order valence-electron chi connectivity index (χ2n) is 4.55. The third kappa shape index (κ3) is 2.84. The highest BCUT2D eigenvalue weighted by Crippen LogP contribution is 2.23. The maximum atomic E-state index is 11.7. The Balaban J connectivity index is 2.91. The molecule has 0 saturated carbocycles. The van der Waals surface area contributed by atoms with Gasteiger partial charge in [0.05, 0.1) is 4.75 Å². The summed E-state index contributed by atoms with van der Waals surface area (Å²) in [6.07, 6.45) is 2.03. The van der Waals surface area contributed by atoms with Crippen molar-refractivity contribution in [1.29, 1.82) is 0 Å². The average Bonchev–Trinajstić information content (AvgIpc) is 2.64. The van der Waals surface area contributed by atoms with E-state index in [1.54, 1.807) is 25.2 Å². The summed E-state index contributed by atoms with van der Waals surface area (Å²) in [4.78, 5) is 0. The predicted octanol–water partition coefficient (Wildman–Crippen LogP) is 1.70.